The first-order valence-corrected chi connectivity index (χ1v) is 6.67. The summed E-state index contributed by atoms with van der Waals surface area (Å²) >= 11 is 0. The topological polar surface area (TPSA) is 71.5 Å². The van der Waals surface area contributed by atoms with Gasteiger partial charge in [-0.05, 0) is 25.1 Å². The van der Waals surface area contributed by atoms with Crippen LogP contribution in [0.4, 0.5) is 0 Å². The van der Waals surface area contributed by atoms with Gasteiger partial charge in [-0.1, -0.05) is 24.3 Å². The lowest BCUT2D eigenvalue weighted by molar-refractivity contribution is 0.0690. The van der Waals surface area contributed by atoms with Crippen molar-refractivity contribution in [2.24, 2.45) is 0 Å². The Bertz CT molecular complexity index is 628. The van der Waals surface area contributed by atoms with Crippen LogP contribution in [0.15, 0.2) is 42.5 Å². The number of carboxylic acids is 1. The molecule has 2 aromatic rings. The van der Waals surface area contributed by atoms with Gasteiger partial charge < -0.3 is 15.2 Å². The summed E-state index contributed by atoms with van der Waals surface area (Å²) in [6.07, 6.45) is 0. The summed E-state index contributed by atoms with van der Waals surface area (Å²) in [6, 6.07) is 12.8. The maximum absolute atomic E-state index is 10.9. The molecule has 5 nitrogen and oxygen atoms in total. The van der Waals surface area contributed by atoms with E-state index in [1.807, 2.05) is 31.2 Å². The third-order valence-corrected chi connectivity index (χ3v) is 3.22. The van der Waals surface area contributed by atoms with Crippen LogP contribution in [0, 0.1) is 0 Å². The zero-order valence-corrected chi connectivity index (χ0v) is 12.0. The highest BCUT2D eigenvalue weighted by atomic mass is 16.5. The number of nitrogens with one attached hydrogen (secondary N) is 1. The van der Waals surface area contributed by atoms with Crippen LogP contribution in [0.1, 0.15) is 34.7 Å². The smallest absolute Gasteiger partial charge is 0.354 e. The number of carbonyl (C=O) groups is 1. The number of rotatable bonds is 6. The predicted octanol–water partition coefficient (Wildman–Crippen LogP) is 2.64. The van der Waals surface area contributed by atoms with Gasteiger partial charge in [0.15, 0.2) is 0 Å². The number of nitrogens with zero attached hydrogens (tertiary/aromatic N) is 1. The van der Waals surface area contributed by atoms with Crippen LogP contribution >= 0.6 is 0 Å². The summed E-state index contributed by atoms with van der Waals surface area (Å²) in [6.45, 7) is 2.51. The van der Waals surface area contributed by atoms with Crippen molar-refractivity contribution in [3.63, 3.8) is 0 Å². The molecule has 0 aliphatic carbocycles. The third-order valence-electron chi connectivity index (χ3n) is 3.22. The molecule has 2 rings (SSSR count). The van der Waals surface area contributed by atoms with E-state index >= 15 is 0 Å². The number of hydrogen-bond acceptors (Lipinski definition) is 4. The van der Waals surface area contributed by atoms with E-state index in [2.05, 4.69) is 10.3 Å². The SMILES string of the molecule is COc1ccccc1[C@@H](C)NCc1cccc(C(=O)O)n1. The average Bonchev–Trinajstić information content (AvgIpc) is 2.52. The van der Waals surface area contributed by atoms with Crippen molar-refractivity contribution in [2.45, 2.75) is 19.5 Å². The average molecular weight is 286 g/mol. The van der Waals surface area contributed by atoms with Crippen LogP contribution in [-0.2, 0) is 6.54 Å². The summed E-state index contributed by atoms with van der Waals surface area (Å²) in [5, 5.41) is 12.3. The van der Waals surface area contributed by atoms with E-state index in [0.29, 0.717) is 12.2 Å². The molecule has 2 N–H and O–H groups in total. The van der Waals surface area contributed by atoms with Crippen LogP contribution in [0.25, 0.3) is 0 Å². The van der Waals surface area contributed by atoms with E-state index in [9.17, 15) is 4.79 Å². The monoisotopic (exact) mass is 286 g/mol. The Morgan fingerprint density at radius 1 is 1.29 bits per heavy atom. The second-order valence-electron chi connectivity index (χ2n) is 4.66. The molecule has 1 atom stereocenters. The molecular formula is C16H18N2O3. The highest BCUT2D eigenvalue weighted by Gasteiger charge is 2.11. The second kappa shape index (κ2) is 6.85. The molecule has 1 aromatic carbocycles. The summed E-state index contributed by atoms with van der Waals surface area (Å²) in [5.41, 5.74) is 1.80. The Kier molecular flexibility index (Phi) is 4.90. The van der Waals surface area contributed by atoms with Crippen LogP contribution in [0.3, 0.4) is 0 Å². The first-order valence-electron chi connectivity index (χ1n) is 6.67. The van der Waals surface area contributed by atoms with Crippen molar-refractivity contribution in [2.75, 3.05) is 7.11 Å². The van der Waals surface area contributed by atoms with Crippen LogP contribution in [0.2, 0.25) is 0 Å². The molecule has 0 amide bonds. The van der Waals surface area contributed by atoms with E-state index in [1.165, 1.54) is 6.07 Å². The molecule has 1 heterocycles. The van der Waals surface area contributed by atoms with Gasteiger partial charge in [0.05, 0.1) is 12.8 Å². The Labute approximate surface area is 123 Å². The highest BCUT2D eigenvalue weighted by molar-refractivity contribution is 5.85. The van der Waals surface area contributed by atoms with Gasteiger partial charge in [-0.2, -0.15) is 0 Å². The molecule has 0 aliphatic rings. The summed E-state index contributed by atoms with van der Waals surface area (Å²) < 4.78 is 5.34. The fraction of sp³-hybridized carbons (Fsp3) is 0.250. The van der Waals surface area contributed by atoms with Gasteiger partial charge in [-0.15, -0.1) is 0 Å². The molecule has 21 heavy (non-hydrogen) atoms. The Morgan fingerprint density at radius 2 is 2.05 bits per heavy atom. The van der Waals surface area contributed by atoms with Gasteiger partial charge in [0.1, 0.15) is 11.4 Å². The Morgan fingerprint density at radius 3 is 2.76 bits per heavy atom. The number of aromatic nitrogens is 1. The lowest BCUT2D eigenvalue weighted by Crippen LogP contribution is -2.19. The Balaban J connectivity index is 2.05. The second-order valence-corrected chi connectivity index (χ2v) is 4.66. The highest BCUT2D eigenvalue weighted by Crippen LogP contribution is 2.24. The molecule has 5 heteroatoms. The first kappa shape index (κ1) is 15.0. The molecule has 0 saturated carbocycles. The zero-order chi connectivity index (χ0) is 15.2. The minimum Gasteiger partial charge on any atom is -0.496 e. The van der Waals surface area contributed by atoms with Crippen LogP contribution < -0.4 is 10.1 Å². The molecule has 0 radical (unpaired) electrons. The Hall–Kier alpha value is -2.40. The molecule has 0 saturated heterocycles. The molecule has 0 unspecified atom stereocenters. The molecule has 0 bridgehead atoms. The number of methoxy groups -OCH3 is 1. The lowest BCUT2D eigenvalue weighted by Gasteiger charge is -2.17. The molecule has 110 valence electrons. The molecule has 0 spiro atoms. The minimum absolute atomic E-state index is 0.0549. The van der Waals surface area contributed by atoms with E-state index in [-0.39, 0.29) is 11.7 Å². The van der Waals surface area contributed by atoms with Gasteiger partial charge >= 0.3 is 5.97 Å². The number of pyridine rings is 1. The van der Waals surface area contributed by atoms with Crippen molar-refractivity contribution in [1.29, 1.82) is 0 Å². The van der Waals surface area contributed by atoms with E-state index in [0.717, 1.165) is 11.3 Å². The number of ether oxygens (including phenoxy) is 1. The summed E-state index contributed by atoms with van der Waals surface area (Å²) in [7, 11) is 1.64. The largest absolute Gasteiger partial charge is 0.496 e. The predicted molar refractivity (Wildman–Crippen MR) is 79.4 cm³/mol. The van der Waals surface area contributed by atoms with Gasteiger partial charge in [-0.3, -0.25) is 0 Å². The molecule has 1 aromatic heterocycles. The molecular weight excluding hydrogens is 268 g/mol. The fourth-order valence-corrected chi connectivity index (χ4v) is 2.09. The number of aromatic carboxylic acids is 1. The standard InChI is InChI=1S/C16H18N2O3/c1-11(13-7-3-4-9-15(13)21-2)17-10-12-6-5-8-14(18-12)16(19)20/h3-9,11,17H,10H2,1-2H3,(H,19,20)/t11-/m1/s1. The van der Waals surface area contributed by atoms with Crippen molar-refractivity contribution < 1.29 is 14.6 Å². The normalized spacial score (nSPS) is 11.9. The van der Waals surface area contributed by atoms with Crippen molar-refractivity contribution >= 4 is 5.97 Å². The maximum atomic E-state index is 10.9. The van der Waals surface area contributed by atoms with Gasteiger partial charge in [0.25, 0.3) is 0 Å². The lowest BCUT2D eigenvalue weighted by atomic mass is 10.1. The number of carboxylic acid groups (broad SMARTS) is 1. The maximum Gasteiger partial charge on any atom is 0.354 e. The van der Waals surface area contributed by atoms with E-state index < -0.39 is 5.97 Å². The van der Waals surface area contributed by atoms with Gasteiger partial charge in [0.2, 0.25) is 0 Å². The summed E-state index contributed by atoms with van der Waals surface area (Å²) in [4.78, 5) is 15.0. The molecule has 0 fully saturated rings. The summed E-state index contributed by atoms with van der Waals surface area (Å²) in [5.74, 6) is -0.195. The van der Waals surface area contributed by atoms with Gasteiger partial charge in [0, 0.05) is 18.2 Å². The quantitative estimate of drug-likeness (QED) is 0.854. The van der Waals surface area contributed by atoms with E-state index in [4.69, 9.17) is 9.84 Å². The third kappa shape index (κ3) is 3.79. The number of benzene rings is 1. The molecule has 0 aliphatic heterocycles. The minimum atomic E-state index is -1.02. The fourth-order valence-electron chi connectivity index (χ4n) is 2.09. The van der Waals surface area contributed by atoms with Crippen molar-refractivity contribution in [1.82, 2.24) is 10.3 Å². The number of hydrogen-bond donors (Lipinski definition) is 2. The number of para-hydroxylation sites is 1. The van der Waals surface area contributed by atoms with E-state index in [1.54, 1.807) is 19.2 Å². The zero-order valence-electron chi connectivity index (χ0n) is 12.0. The van der Waals surface area contributed by atoms with Crippen LogP contribution in [0.5, 0.6) is 5.75 Å². The van der Waals surface area contributed by atoms with Crippen LogP contribution in [-0.4, -0.2) is 23.2 Å². The van der Waals surface area contributed by atoms with Crippen molar-refractivity contribution in [3.8, 4) is 5.75 Å². The van der Waals surface area contributed by atoms with Gasteiger partial charge in [-0.25, -0.2) is 9.78 Å². The first-order chi connectivity index (χ1) is 10.1. The van der Waals surface area contributed by atoms with Crippen molar-refractivity contribution in [3.05, 3.63) is 59.4 Å².